The molecule has 0 aromatic heterocycles. The largest absolute Gasteiger partial charge is 0.489 e. The Hall–Kier alpha value is -0.440. The number of halogens is 2. The summed E-state index contributed by atoms with van der Waals surface area (Å²) in [5.74, 6) is 0.548. The number of benzene rings is 1. The van der Waals surface area contributed by atoms with E-state index in [0.29, 0.717) is 28.6 Å². The summed E-state index contributed by atoms with van der Waals surface area (Å²) >= 11 is 11.7. The van der Waals surface area contributed by atoms with E-state index in [9.17, 15) is 5.11 Å². The summed E-state index contributed by atoms with van der Waals surface area (Å²) in [5.41, 5.74) is -0.789. The first kappa shape index (κ1) is 13.6. The lowest BCUT2D eigenvalue weighted by atomic mass is 9.99. The van der Waals surface area contributed by atoms with Gasteiger partial charge in [-0.15, -0.1) is 0 Å². The van der Waals surface area contributed by atoms with Crippen LogP contribution in [0.4, 0.5) is 0 Å². The third-order valence-electron chi connectivity index (χ3n) is 2.71. The second-order valence-electron chi connectivity index (χ2n) is 3.79. The van der Waals surface area contributed by atoms with Crippen LogP contribution in [-0.4, -0.2) is 17.3 Å². The van der Waals surface area contributed by atoms with Crippen LogP contribution in [0.5, 0.6) is 5.75 Å². The number of rotatable bonds is 5. The lowest BCUT2D eigenvalue weighted by molar-refractivity contribution is -0.0113. The second kappa shape index (κ2) is 5.76. The van der Waals surface area contributed by atoms with E-state index >= 15 is 0 Å². The highest BCUT2D eigenvalue weighted by molar-refractivity contribution is 6.35. The van der Waals surface area contributed by atoms with E-state index in [-0.39, 0.29) is 6.61 Å². The Morgan fingerprint density at radius 1 is 1.25 bits per heavy atom. The predicted molar refractivity (Wildman–Crippen MR) is 67.5 cm³/mol. The van der Waals surface area contributed by atoms with Crippen molar-refractivity contribution in [3.63, 3.8) is 0 Å². The Labute approximate surface area is 106 Å². The summed E-state index contributed by atoms with van der Waals surface area (Å²) < 4.78 is 5.50. The van der Waals surface area contributed by atoms with Crippen LogP contribution in [0, 0.1) is 0 Å². The second-order valence-corrected chi connectivity index (χ2v) is 4.64. The van der Waals surface area contributed by atoms with Crippen molar-refractivity contribution in [2.75, 3.05) is 6.61 Å². The molecule has 0 aliphatic heterocycles. The Morgan fingerprint density at radius 2 is 1.88 bits per heavy atom. The predicted octanol–water partition coefficient (Wildman–Crippen LogP) is 3.92. The Kier molecular flexibility index (Phi) is 4.90. The zero-order valence-electron chi connectivity index (χ0n) is 9.46. The topological polar surface area (TPSA) is 29.5 Å². The van der Waals surface area contributed by atoms with E-state index in [0.717, 1.165) is 0 Å². The molecule has 1 aromatic carbocycles. The van der Waals surface area contributed by atoms with Gasteiger partial charge in [0.25, 0.3) is 0 Å². The summed E-state index contributed by atoms with van der Waals surface area (Å²) in [6.45, 7) is 4.09. The van der Waals surface area contributed by atoms with Gasteiger partial charge in [-0.2, -0.15) is 0 Å². The molecule has 16 heavy (non-hydrogen) atoms. The van der Waals surface area contributed by atoms with Crippen LogP contribution in [0.25, 0.3) is 0 Å². The molecule has 0 radical (unpaired) electrons. The maximum Gasteiger partial charge on any atom is 0.138 e. The molecule has 0 heterocycles. The van der Waals surface area contributed by atoms with E-state index < -0.39 is 5.60 Å². The smallest absolute Gasteiger partial charge is 0.138 e. The van der Waals surface area contributed by atoms with E-state index in [2.05, 4.69) is 0 Å². The minimum Gasteiger partial charge on any atom is -0.489 e. The summed E-state index contributed by atoms with van der Waals surface area (Å²) in [4.78, 5) is 0. The average molecular weight is 263 g/mol. The molecule has 0 spiro atoms. The first-order valence-electron chi connectivity index (χ1n) is 5.31. The van der Waals surface area contributed by atoms with Crippen molar-refractivity contribution in [2.24, 2.45) is 0 Å². The lowest BCUT2D eigenvalue weighted by Gasteiger charge is -2.25. The zero-order valence-corrected chi connectivity index (χ0v) is 11.0. The molecule has 0 saturated carbocycles. The van der Waals surface area contributed by atoms with Crippen molar-refractivity contribution >= 4 is 23.2 Å². The fourth-order valence-electron chi connectivity index (χ4n) is 1.26. The van der Waals surface area contributed by atoms with Gasteiger partial charge in [-0.1, -0.05) is 37.0 Å². The van der Waals surface area contributed by atoms with Crippen LogP contribution in [0.1, 0.15) is 26.7 Å². The molecule has 1 N–H and O–H groups in total. The fraction of sp³-hybridized carbons (Fsp3) is 0.500. The van der Waals surface area contributed by atoms with Crippen LogP contribution in [0.3, 0.4) is 0 Å². The quantitative estimate of drug-likeness (QED) is 0.872. The first-order valence-corrected chi connectivity index (χ1v) is 6.06. The summed E-state index contributed by atoms with van der Waals surface area (Å²) in [7, 11) is 0. The van der Waals surface area contributed by atoms with E-state index in [4.69, 9.17) is 27.9 Å². The molecule has 0 saturated heterocycles. The normalized spacial score (nSPS) is 11.6. The number of hydrogen-bond acceptors (Lipinski definition) is 2. The van der Waals surface area contributed by atoms with Crippen molar-refractivity contribution in [1.29, 1.82) is 0 Å². The van der Waals surface area contributed by atoms with Gasteiger partial charge in [0.1, 0.15) is 12.4 Å². The van der Waals surface area contributed by atoms with Crippen LogP contribution in [-0.2, 0) is 0 Å². The molecule has 4 heteroatoms. The lowest BCUT2D eigenvalue weighted by Crippen LogP contribution is -2.34. The van der Waals surface area contributed by atoms with Gasteiger partial charge in [-0.25, -0.2) is 0 Å². The standard InChI is InChI=1S/C12H16Cl2O2/c1-3-12(15,4-2)8-16-11-6-5-9(13)7-10(11)14/h5-7,15H,3-4,8H2,1-2H3. The molecular formula is C12H16Cl2O2. The van der Waals surface area contributed by atoms with Gasteiger partial charge in [0.15, 0.2) is 0 Å². The van der Waals surface area contributed by atoms with Crippen molar-refractivity contribution < 1.29 is 9.84 Å². The van der Waals surface area contributed by atoms with E-state index in [1.54, 1.807) is 18.2 Å². The molecular weight excluding hydrogens is 247 g/mol. The van der Waals surface area contributed by atoms with Crippen molar-refractivity contribution in [1.82, 2.24) is 0 Å². The zero-order chi connectivity index (χ0) is 12.2. The first-order chi connectivity index (χ1) is 7.50. The highest BCUT2D eigenvalue weighted by atomic mass is 35.5. The molecule has 90 valence electrons. The van der Waals surface area contributed by atoms with Gasteiger partial charge in [-0.3, -0.25) is 0 Å². The van der Waals surface area contributed by atoms with Gasteiger partial charge < -0.3 is 9.84 Å². The average Bonchev–Trinajstić information content (AvgIpc) is 2.27. The molecule has 0 bridgehead atoms. The molecule has 1 aromatic rings. The van der Waals surface area contributed by atoms with Crippen LogP contribution < -0.4 is 4.74 Å². The maximum atomic E-state index is 10.0. The minimum absolute atomic E-state index is 0.237. The van der Waals surface area contributed by atoms with E-state index in [1.165, 1.54) is 0 Å². The van der Waals surface area contributed by atoms with Gasteiger partial charge >= 0.3 is 0 Å². The maximum absolute atomic E-state index is 10.0. The number of ether oxygens (including phenoxy) is 1. The van der Waals surface area contributed by atoms with Crippen molar-refractivity contribution in [3.8, 4) is 5.75 Å². The molecule has 0 aliphatic rings. The molecule has 0 fully saturated rings. The Bertz CT molecular complexity index is 349. The van der Waals surface area contributed by atoms with Crippen LogP contribution in [0.2, 0.25) is 10.0 Å². The van der Waals surface area contributed by atoms with Gasteiger partial charge in [0, 0.05) is 5.02 Å². The van der Waals surface area contributed by atoms with Crippen molar-refractivity contribution in [2.45, 2.75) is 32.3 Å². The summed E-state index contributed by atoms with van der Waals surface area (Å²) in [5, 5.41) is 11.1. The molecule has 1 rings (SSSR count). The highest BCUT2D eigenvalue weighted by Gasteiger charge is 2.23. The SMILES string of the molecule is CCC(O)(CC)COc1ccc(Cl)cc1Cl. The fourth-order valence-corrected chi connectivity index (χ4v) is 1.72. The monoisotopic (exact) mass is 262 g/mol. The minimum atomic E-state index is -0.789. The van der Waals surface area contributed by atoms with Crippen LogP contribution >= 0.6 is 23.2 Å². The van der Waals surface area contributed by atoms with Gasteiger partial charge in [0.05, 0.1) is 10.6 Å². The van der Waals surface area contributed by atoms with Crippen LogP contribution in [0.15, 0.2) is 18.2 Å². The Morgan fingerprint density at radius 3 is 2.38 bits per heavy atom. The molecule has 0 atom stereocenters. The Balaban J connectivity index is 2.67. The number of aliphatic hydroxyl groups is 1. The van der Waals surface area contributed by atoms with Gasteiger partial charge in [0.2, 0.25) is 0 Å². The molecule has 0 unspecified atom stereocenters. The molecule has 2 nitrogen and oxygen atoms in total. The highest BCUT2D eigenvalue weighted by Crippen LogP contribution is 2.28. The molecule has 0 amide bonds. The third-order valence-corrected chi connectivity index (χ3v) is 3.24. The van der Waals surface area contributed by atoms with Gasteiger partial charge in [-0.05, 0) is 31.0 Å². The summed E-state index contributed by atoms with van der Waals surface area (Å²) in [6.07, 6.45) is 1.30. The third kappa shape index (κ3) is 3.55. The number of hydrogen-bond donors (Lipinski definition) is 1. The van der Waals surface area contributed by atoms with E-state index in [1.807, 2.05) is 13.8 Å². The van der Waals surface area contributed by atoms with Crippen molar-refractivity contribution in [3.05, 3.63) is 28.2 Å². The summed E-state index contributed by atoms with van der Waals surface area (Å²) in [6, 6.07) is 5.03. The molecule has 0 aliphatic carbocycles.